The molecule has 0 spiro atoms. The molecule has 3 nitrogen and oxygen atoms in total. The van der Waals surface area contributed by atoms with Crippen molar-refractivity contribution in [1.82, 2.24) is 0 Å². The van der Waals surface area contributed by atoms with Crippen LogP contribution < -0.4 is 0 Å². The lowest BCUT2D eigenvalue weighted by Crippen LogP contribution is -2.27. The first-order valence-corrected chi connectivity index (χ1v) is 6.56. The van der Waals surface area contributed by atoms with E-state index < -0.39 is 0 Å². The quantitative estimate of drug-likeness (QED) is 0.827. The largest absolute Gasteiger partial charge is 0.508 e. The molecule has 2 atom stereocenters. The number of hydrogen-bond donors (Lipinski definition) is 1. The SMILES string of the molecule is [C-]#[N+]C1=C[C@](C)(C=Cc2ccc(O)cc2)CC(C)C1=O. The Morgan fingerprint density at radius 2 is 2.05 bits per heavy atom. The number of aromatic hydroxyl groups is 1. The second-order valence-corrected chi connectivity index (χ2v) is 5.54. The van der Waals surface area contributed by atoms with Crippen LogP contribution in [0.15, 0.2) is 42.1 Å². The Morgan fingerprint density at radius 3 is 2.65 bits per heavy atom. The minimum Gasteiger partial charge on any atom is -0.508 e. The van der Waals surface area contributed by atoms with Crippen molar-refractivity contribution in [2.75, 3.05) is 0 Å². The van der Waals surface area contributed by atoms with Crippen LogP contribution in [-0.4, -0.2) is 10.9 Å². The van der Waals surface area contributed by atoms with Gasteiger partial charge in [-0.1, -0.05) is 44.2 Å². The molecule has 0 fully saturated rings. The summed E-state index contributed by atoms with van der Waals surface area (Å²) in [6.07, 6.45) is 6.45. The summed E-state index contributed by atoms with van der Waals surface area (Å²) in [4.78, 5) is 15.2. The highest BCUT2D eigenvalue weighted by atomic mass is 16.3. The van der Waals surface area contributed by atoms with Gasteiger partial charge in [0.2, 0.25) is 5.70 Å². The molecule has 1 unspecified atom stereocenters. The zero-order valence-corrected chi connectivity index (χ0v) is 11.6. The Balaban J connectivity index is 2.27. The normalized spacial score (nSPS) is 26.4. The summed E-state index contributed by atoms with van der Waals surface area (Å²) in [6, 6.07) is 6.92. The standard InChI is InChI=1S/C17H17NO2/c1-12-10-17(2,11-15(18-3)16(12)20)9-8-13-4-6-14(19)7-5-13/h4-9,11-12,19H,10H2,1-2H3/t12?,17-/m1/s1. The van der Waals surface area contributed by atoms with Gasteiger partial charge in [-0.05, 0) is 29.5 Å². The van der Waals surface area contributed by atoms with Crippen molar-refractivity contribution < 1.29 is 9.90 Å². The van der Waals surface area contributed by atoms with E-state index in [1.54, 1.807) is 18.2 Å². The maximum absolute atomic E-state index is 11.8. The Labute approximate surface area is 119 Å². The van der Waals surface area contributed by atoms with Crippen molar-refractivity contribution >= 4 is 11.9 Å². The van der Waals surface area contributed by atoms with Crippen molar-refractivity contribution in [1.29, 1.82) is 0 Å². The molecule has 0 saturated carbocycles. The van der Waals surface area contributed by atoms with Gasteiger partial charge in [0.25, 0.3) is 0 Å². The number of carbonyl (C=O) groups excluding carboxylic acids is 1. The molecule has 20 heavy (non-hydrogen) atoms. The van der Waals surface area contributed by atoms with Gasteiger partial charge in [-0.25, -0.2) is 4.85 Å². The highest BCUT2D eigenvalue weighted by Crippen LogP contribution is 2.37. The first-order chi connectivity index (χ1) is 9.43. The van der Waals surface area contributed by atoms with Gasteiger partial charge in [0.05, 0.1) is 6.57 Å². The number of Topliss-reactive ketones (excluding diaryl/α,β-unsaturated/α-hetero) is 1. The van der Waals surface area contributed by atoms with Gasteiger partial charge in [0.1, 0.15) is 5.75 Å². The lowest BCUT2D eigenvalue weighted by atomic mass is 9.74. The molecule has 1 aromatic rings. The molecule has 0 bridgehead atoms. The number of benzene rings is 1. The third kappa shape index (κ3) is 2.97. The minimum absolute atomic E-state index is 0.0597. The average Bonchev–Trinajstić information content (AvgIpc) is 2.42. The van der Waals surface area contributed by atoms with E-state index in [9.17, 15) is 9.90 Å². The first-order valence-electron chi connectivity index (χ1n) is 6.56. The molecule has 1 N–H and O–H groups in total. The van der Waals surface area contributed by atoms with Crippen LogP contribution in [0.2, 0.25) is 0 Å². The van der Waals surface area contributed by atoms with Crippen molar-refractivity contribution in [3.05, 3.63) is 59.1 Å². The van der Waals surface area contributed by atoms with Crippen molar-refractivity contribution in [2.45, 2.75) is 20.3 Å². The van der Waals surface area contributed by atoms with Crippen LogP contribution >= 0.6 is 0 Å². The smallest absolute Gasteiger partial charge is 0.226 e. The van der Waals surface area contributed by atoms with Crippen LogP contribution in [0.1, 0.15) is 25.8 Å². The molecule has 1 aliphatic carbocycles. The number of rotatable bonds is 2. The van der Waals surface area contributed by atoms with E-state index in [0.717, 1.165) is 5.56 Å². The molecular formula is C17H17NO2. The Kier molecular flexibility index (Phi) is 3.76. The van der Waals surface area contributed by atoms with Crippen LogP contribution in [0.5, 0.6) is 5.75 Å². The lowest BCUT2D eigenvalue weighted by molar-refractivity contribution is -0.119. The summed E-state index contributed by atoms with van der Waals surface area (Å²) in [5, 5.41) is 9.25. The molecule has 3 heteroatoms. The molecule has 0 aromatic heterocycles. The van der Waals surface area contributed by atoms with Crippen molar-refractivity contribution in [3.63, 3.8) is 0 Å². The van der Waals surface area contributed by atoms with Gasteiger partial charge < -0.3 is 9.90 Å². The Bertz CT molecular complexity index is 619. The van der Waals surface area contributed by atoms with Crippen LogP contribution in [-0.2, 0) is 4.79 Å². The van der Waals surface area contributed by atoms with Crippen LogP contribution in [0.25, 0.3) is 10.9 Å². The first kappa shape index (κ1) is 14.1. The fourth-order valence-electron chi connectivity index (χ4n) is 2.52. The van der Waals surface area contributed by atoms with Gasteiger partial charge in [0, 0.05) is 5.92 Å². The summed E-state index contributed by atoms with van der Waals surface area (Å²) in [5.41, 5.74) is 0.929. The highest BCUT2D eigenvalue weighted by Gasteiger charge is 2.33. The number of allylic oxidation sites excluding steroid dienone is 3. The fourth-order valence-corrected chi connectivity index (χ4v) is 2.52. The Morgan fingerprint density at radius 1 is 1.40 bits per heavy atom. The minimum atomic E-state index is -0.287. The summed E-state index contributed by atoms with van der Waals surface area (Å²) in [7, 11) is 0. The molecule has 1 aromatic carbocycles. The summed E-state index contributed by atoms with van der Waals surface area (Å²) < 4.78 is 0. The second-order valence-electron chi connectivity index (χ2n) is 5.54. The van der Waals surface area contributed by atoms with Gasteiger partial charge in [-0.2, -0.15) is 0 Å². The summed E-state index contributed by atoms with van der Waals surface area (Å²) >= 11 is 0. The van der Waals surface area contributed by atoms with Crippen LogP contribution in [0.4, 0.5) is 0 Å². The van der Waals surface area contributed by atoms with Crippen molar-refractivity contribution in [2.24, 2.45) is 11.3 Å². The zero-order chi connectivity index (χ0) is 14.8. The summed E-state index contributed by atoms with van der Waals surface area (Å²) in [6.45, 7) is 11.0. The third-order valence-corrected chi connectivity index (χ3v) is 3.58. The maximum Gasteiger partial charge on any atom is 0.226 e. The van der Waals surface area contributed by atoms with E-state index in [0.29, 0.717) is 6.42 Å². The van der Waals surface area contributed by atoms with E-state index in [2.05, 4.69) is 4.85 Å². The molecule has 0 radical (unpaired) electrons. The number of hydrogen-bond acceptors (Lipinski definition) is 2. The molecule has 0 aliphatic heterocycles. The topological polar surface area (TPSA) is 41.7 Å². The highest BCUT2D eigenvalue weighted by molar-refractivity contribution is 5.99. The molecule has 0 heterocycles. The molecule has 0 saturated heterocycles. The zero-order valence-electron chi connectivity index (χ0n) is 11.6. The number of phenols is 1. The predicted molar refractivity (Wildman–Crippen MR) is 78.7 cm³/mol. The van der Waals surface area contributed by atoms with Gasteiger partial charge in [-0.3, -0.25) is 0 Å². The molecule has 0 amide bonds. The number of nitrogens with zero attached hydrogens (tertiary/aromatic N) is 1. The van der Waals surface area contributed by atoms with E-state index in [-0.39, 0.29) is 28.6 Å². The van der Waals surface area contributed by atoms with E-state index >= 15 is 0 Å². The number of ketones is 1. The van der Waals surface area contributed by atoms with E-state index in [1.165, 1.54) is 0 Å². The van der Waals surface area contributed by atoms with Crippen molar-refractivity contribution in [3.8, 4) is 5.75 Å². The van der Waals surface area contributed by atoms with E-state index in [4.69, 9.17) is 6.57 Å². The Hall–Kier alpha value is -2.34. The maximum atomic E-state index is 11.8. The molecule has 102 valence electrons. The number of carbonyl (C=O) groups is 1. The summed E-state index contributed by atoms with van der Waals surface area (Å²) in [5.74, 6) is 0.0505. The van der Waals surface area contributed by atoms with Gasteiger partial charge >= 0.3 is 0 Å². The average molecular weight is 267 g/mol. The monoisotopic (exact) mass is 267 g/mol. The van der Waals surface area contributed by atoms with Crippen LogP contribution in [0.3, 0.4) is 0 Å². The number of phenolic OH excluding ortho intramolecular Hbond substituents is 1. The predicted octanol–water partition coefficient (Wildman–Crippen LogP) is 3.82. The van der Waals surface area contributed by atoms with E-state index in [1.807, 2.05) is 38.1 Å². The molecule has 1 aliphatic rings. The van der Waals surface area contributed by atoms with Gasteiger partial charge in [-0.15, -0.1) is 0 Å². The lowest BCUT2D eigenvalue weighted by Gasteiger charge is -2.30. The second kappa shape index (κ2) is 5.34. The molecule has 2 rings (SSSR count). The molecular weight excluding hydrogens is 250 g/mol. The van der Waals surface area contributed by atoms with Crippen LogP contribution in [0, 0.1) is 17.9 Å². The van der Waals surface area contributed by atoms with Gasteiger partial charge in [0.15, 0.2) is 5.78 Å². The fraction of sp³-hybridized carbons (Fsp3) is 0.294. The third-order valence-electron chi connectivity index (χ3n) is 3.58.